The van der Waals surface area contributed by atoms with E-state index in [0.29, 0.717) is 37.6 Å². The van der Waals surface area contributed by atoms with E-state index in [2.05, 4.69) is 40.6 Å². The average molecular weight is 434 g/mol. The van der Waals surface area contributed by atoms with Crippen LogP contribution < -0.4 is 10.1 Å². The zero-order valence-electron chi connectivity index (χ0n) is 18.4. The van der Waals surface area contributed by atoms with Crippen LogP contribution in [0.2, 0.25) is 0 Å². The fraction of sp³-hybridized carbons (Fsp3) is 0.423. The minimum absolute atomic E-state index is 0.0635. The third-order valence-electron chi connectivity index (χ3n) is 6.66. The molecule has 3 heterocycles. The molecule has 0 radical (unpaired) electrons. The highest BCUT2D eigenvalue weighted by Gasteiger charge is 2.27. The van der Waals surface area contributed by atoms with Crippen molar-refractivity contribution < 1.29 is 14.6 Å². The molecule has 0 aromatic heterocycles. The van der Waals surface area contributed by atoms with Gasteiger partial charge in [-0.05, 0) is 53.8 Å². The smallest absolute Gasteiger partial charge is 0.257 e. The van der Waals surface area contributed by atoms with E-state index in [1.165, 1.54) is 16.7 Å². The number of β-amino-alcohol motifs (C(OH)–C–C–N with tert-alkyl or cyclic N) is 1. The molecule has 0 aliphatic carbocycles. The lowest BCUT2D eigenvalue weighted by Crippen LogP contribution is -2.44. The van der Waals surface area contributed by atoms with Gasteiger partial charge in [-0.15, -0.1) is 0 Å². The van der Waals surface area contributed by atoms with Crippen LogP contribution in [0.4, 0.5) is 0 Å². The maximum Gasteiger partial charge on any atom is 0.257 e. The summed E-state index contributed by atoms with van der Waals surface area (Å²) >= 11 is 0. The number of hydrogen-bond donors (Lipinski definition) is 2. The SMILES string of the molecule is O=C1c2ccc(C3=CCNCC3)cc2OCCN1C[C@H](O)CN1CCc2ccccc2C1. The number of carbonyl (C=O) groups excluding carboxylic acids is 1. The number of rotatable bonds is 5. The lowest BCUT2D eigenvalue weighted by Gasteiger charge is -2.32. The molecule has 0 unspecified atom stereocenters. The van der Waals surface area contributed by atoms with Crippen molar-refractivity contribution >= 4 is 11.5 Å². The number of benzene rings is 2. The molecule has 1 atom stereocenters. The number of ether oxygens (including phenoxy) is 1. The average Bonchev–Trinajstić information content (AvgIpc) is 2.98. The number of nitrogens with one attached hydrogen (secondary N) is 1. The minimum atomic E-state index is -0.593. The summed E-state index contributed by atoms with van der Waals surface area (Å²) in [6.07, 6.45) is 3.59. The van der Waals surface area contributed by atoms with Crippen molar-refractivity contribution in [2.75, 3.05) is 45.9 Å². The molecule has 2 N–H and O–H groups in total. The minimum Gasteiger partial charge on any atom is -0.491 e. The van der Waals surface area contributed by atoms with Crippen LogP contribution in [0, 0.1) is 0 Å². The first kappa shape index (κ1) is 21.2. The first-order valence-corrected chi connectivity index (χ1v) is 11.6. The van der Waals surface area contributed by atoms with Crippen molar-refractivity contribution in [1.29, 1.82) is 0 Å². The number of nitrogens with zero attached hydrogens (tertiary/aromatic N) is 2. The van der Waals surface area contributed by atoms with Crippen LogP contribution in [0.1, 0.15) is 33.5 Å². The molecule has 6 nitrogen and oxygen atoms in total. The molecule has 0 saturated carbocycles. The Balaban J connectivity index is 1.23. The summed E-state index contributed by atoms with van der Waals surface area (Å²) in [4.78, 5) is 17.2. The first-order chi connectivity index (χ1) is 15.7. The Labute approximate surface area is 189 Å². The number of hydrogen-bond acceptors (Lipinski definition) is 5. The molecule has 5 rings (SSSR count). The van der Waals surface area contributed by atoms with Gasteiger partial charge in [0.25, 0.3) is 5.91 Å². The van der Waals surface area contributed by atoms with Crippen LogP contribution in [0.3, 0.4) is 0 Å². The van der Waals surface area contributed by atoms with E-state index in [-0.39, 0.29) is 5.91 Å². The predicted octanol–water partition coefficient (Wildman–Crippen LogP) is 2.32. The van der Waals surface area contributed by atoms with Gasteiger partial charge in [-0.2, -0.15) is 0 Å². The highest BCUT2D eigenvalue weighted by molar-refractivity contribution is 5.97. The van der Waals surface area contributed by atoms with E-state index >= 15 is 0 Å². The molecule has 0 bridgehead atoms. The molecule has 1 amide bonds. The molecular weight excluding hydrogens is 402 g/mol. The van der Waals surface area contributed by atoms with Crippen molar-refractivity contribution in [3.05, 3.63) is 70.8 Å². The second-order valence-corrected chi connectivity index (χ2v) is 8.90. The first-order valence-electron chi connectivity index (χ1n) is 11.6. The van der Waals surface area contributed by atoms with Crippen molar-refractivity contribution in [2.24, 2.45) is 0 Å². The lowest BCUT2D eigenvalue weighted by molar-refractivity contribution is 0.0501. The van der Waals surface area contributed by atoms with Gasteiger partial charge in [0, 0.05) is 32.7 Å². The maximum atomic E-state index is 13.2. The largest absolute Gasteiger partial charge is 0.491 e. The molecular formula is C26H31N3O3. The number of amides is 1. The quantitative estimate of drug-likeness (QED) is 0.758. The van der Waals surface area contributed by atoms with Crippen molar-refractivity contribution in [3.8, 4) is 5.75 Å². The van der Waals surface area contributed by atoms with E-state index in [1.54, 1.807) is 4.90 Å². The normalized spacial score (nSPS) is 20.0. The molecule has 3 aliphatic rings. The molecule has 2 aromatic rings. The van der Waals surface area contributed by atoms with Gasteiger partial charge in [-0.3, -0.25) is 9.69 Å². The van der Waals surface area contributed by atoms with E-state index in [4.69, 9.17) is 4.74 Å². The van der Waals surface area contributed by atoms with Gasteiger partial charge in [0.2, 0.25) is 0 Å². The Morgan fingerprint density at radius 1 is 1.06 bits per heavy atom. The molecule has 0 spiro atoms. The van der Waals surface area contributed by atoms with E-state index in [1.807, 2.05) is 18.2 Å². The van der Waals surface area contributed by atoms with Gasteiger partial charge in [0.1, 0.15) is 12.4 Å². The Morgan fingerprint density at radius 2 is 1.94 bits per heavy atom. The Bertz CT molecular complexity index is 1020. The zero-order valence-corrected chi connectivity index (χ0v) is 18.4. The van der Waals surface area contributed by atoms with Crippen LogP contribution in [0.5, 0.6) is 5.75 Å². The monoisotopic (exact) mass is 433 g/mol. The number of carbonyl (C=O) groups is 1. The summed E-state index contributed by atoms with van der Waals surface area (Å²) in [5.74, 6) is 0.586. The fourth-order valence-electron chi connectivity index (χ4n) is 4.93. The van der Waals surface area contributed by atoms with Crippen LogP contribution in [0.25, 0.3) is 5.57 Å². The molecule has 32 heavy (non-hydrogen) atoms. The summed E-state index contributed by atoms with van der Waals surface area (Å²) < 4.78 is 5.95. The Kier molecular flexibility index (Phi) is 6.26. The topological polar surface area (TPSA) is 65.0 Å². The second-order valence-electron chi connectivity index (χ2n) is 8.90. The highest BCUT2D eigenvalue weighted by Crippen LogP contribution is 2.29. The molecule has 2 aromatic carbocycles. The highest BCUT2D eigenvalue weighted by atomic mass is 16.5. The zero-order chi connectivity index (χ0) is 21.9. The van der Waals surface area contributed by atoms with E-state index in [0.717, 1.165) is 44.6 Å². The summed E-state index contributed by atoms with van der Waals surface area (Å²) in [6.45, 7) is 5.42. The molecule has 3 aliphatic heterocycles. The van der Waals surface area contributed by atoms with Crippen molar-refractivity contribution in [2.45, 2.75) is 25.5 Å². The number of aliphatic hydroxyl groups is 1. The van der Waals surface area contributed by atoms with Crippen molar-refractivity contribution in [3.63, 3.8) is 0 Å². The number of aliphatic hydroxyl groups excluding tert-OH is 1. The lowest BCUT2D eigenvalue weighted by atomic mass is 9.98. The van der Waals surface area contributed by atoms with Crippen LogP contribution in [-0.2, 0) is 13.0 Å². The van der Waals surface area contributed by atoms with Crippen LogP contribution >= 0.6 is 0 Å². The molecule has 0 fully saturated rings. The van der Waals surface area contributed by atoms with Crippen LogP contribution in [-0.4, -0.2) is 72.8 Å². The summed E-state index contributed by atoms with van der Waals surface area (Å²) in [5, 5.41) is 14.1. The van der Waals surface area contributed by atoms with Gasteiger partial charge in [-0.1, -0.05) is 36.4 Å². The van der Waals surface area contributed by atoms with Gasteiger partial charge in [0.15, 0.2) is 0 Å². The summed E-state index contributed by atoms with van der Waals surface area (Å²) in [6, 6.07) is 14.4. The van der Waals surface area contributed by atoms with Gasteiger partial charge < -0.3 is 20.1 Å². The predicted molar refractivity (Wildman–Crippen MR) is 125 cm³/mol. The van der Waals surface area contributed by atoms with Gasteiger partial charge in [0.05, 0.1) is 18.2 Å². The van der Waals surface area contributed by atoms with Gasteiger partial charge in [-0.25, -0.2) is 0 Å². The molecule has 168 valence electrons. The van der Waals surface area contributed by atoms with E-state index < -0.39 is 6.10 Å². The summed E-state index contributed by atoms with van der Waals surface area (Å²) in [7, 11) is 0. The Morgan fingerprint density at radius 3 is 2.78 bits per heavy atom. The standard InChI is InChI=1S/C26H31N3O3/c30-23(17-28-12-9-19-3-1-2-4-22(19)16-28)18-29-13-14-32-25-15-21(5-6-24(25)26(29)31)20-7-10-27-11-8-20/h1-7,15,23,27,30H,8-14,16-18H2/t23-/m1/s1. The van der Waals surface area contributed by atoms with Crippen molar-refractivity contribution in [1.82, 2.24) is 15.1 Å². The third kappa shape index (κ3) is 4.58. The fourth-order valence-corrected chi connectivity index (χ4v) is 4.93. The van der Waals surface area contributed by atoms with Crippen LogP contribution in [0.15, 0.2) is 48.5 Å². The second kappa shape index (κ2) is 9.45. The van der Waals surface area contributed by atoms with Gasteiger partial charge >= 0.3 is 0 Å². The third-order valence-corrected chi connectivity index (χ3v) is 6.66. The number of fused-ring (bicyclic) bond motifs is 2. The molecule has 0 saturated heterocycles. The molecule has 6 heteroatoms. The Hall–Kier alpha value is -2.67. The maximum absolute atomic E-state index is 13.2. The summed E-state index contributed by atoms with van der Waals surface area (Å²) in [5.41, 5.74) is 5.73. The van der Waals surface area contributed by atoms with E-state index in [9.17, 15) is 9.90 Å².